The Hall–Kier alpha value is -0.0831. The van der Waals surface area contributed by atoms with Gasteiger partial charge in [0.2, 0.25) is 0 Å². The Morgan fingerprint density at radius 3 is 1.30 bits per heavy atom. The van der Waals surface area contributed by atoms with E-state index >= 15 is 0 Å². The summed E-state index contributed by atoms with van der Waals surface area (Å²) in [4.78, 5) is 0. The summed E-state index contributed by atoms with van der Waals surface area (Å²) in [5.41, 5.74) is 0. The third kappa shape index (κ3) is 25.9. The summed E-state index contributed by atoms with van der Waals surface area (Å²) in [5.74, 6) is 0. The average Bonchev–Trinajstić information content (AvgIpc) is 2.62. The minimum atomic E-state index is -1.28. The molecule has 0 saturated heterocycles. The molecule has 0 amide bonds. The molecule has 0 aliphatic carbocycles. The summed E-state index contributed by atoms with van der Waals surface area (Å²) in [7, 11) is -1.28. The second-order valence-electron chi connectivity index (χ2n) is 9.31. The number of hydrogen-bond donors (Lipinski definition) is 0. The average molecular weight is 397 g/mol. The fourth-order valence-electron chi connectivity index (χ4n) is 3.44. The highest BCUT2D eigenvalue weighted by atomic mass is 28.4. The molecule has 2 heteroatoms. The second kappa shape index (κ2) is 20.6. The minimum absolute atomic E-state index is 0.989. The van der Waals surface area contributed by atoms with Crippen molar-refractivity contribution in [1.29, 1.82) is 0 Å². The molecular weight excluding hydrogens is 344 g/mol. The third-order valence-electron chi connectivity index (χ3n) is 5.19. The summed E-state index contributed by atoms with van der Waals surface area (Å²) in [6.07, 6.45) is 30.0. The first kappa shape index (κ1) is 26.9. The van der Waals surface area contributed by atoms with Gasteiger partial charge in [0, 0.05) is 6.61 Å². The van der Waals surface area contributed by atoms with Gasteiger partial charge >= 0.3 is 0 Å². The summed E-state index contributed by atoms with van der Waals surface area (Å²) in [6.45, 7) is 10.1. The molecule has 0 aliphatic heterocycles. The normalized spacial score (nSPS) is 12.3. The van der Waals surface area contributed by atoms with Crippen molar-refractivity contribution in [2.45, 2.75) is 142 Å². The molecule has 0 saturated carbocycles. The van der Waals surface area contributed by atoms with Crippen LogP contribution in [0.1, 0.15) is 122 Å². The molecular formula is C25H52OSi. The van der Waals surface area contributed by atoms with Crippen molar-refractivity contribution in [3.05, 3.63) is 12.2 Å². The zero-order chi connectivity index (χ0) is 20.1. The molecule has 0 aliphatic rings. The largest absolute Gasteiger partial charge is 0.418 e. The molecule has 0 atom stereocenters. The van der Waals surface area contributed by atoms with Crippen LogP contribution in [0.15, 0.2) is 12.2 Å². The van der Waals surface area contributed by atoms with Crippen molar-refractivity contribution < 1.29 is 4.43 Å². The smallest absolute Gasteiger partial charge is 0.183 e. The molecule has 27 heavy (non-hydrogen) atoms. The van der Waals surface area contributed by atoms with Gasteiger partial charge in [0.1, 0.15) is 0 Å². The first-order chi connectivity index (χ1) is 13.1. The van der Waals surface area contributed by atoms with Crippen LogP contribution in [0.25, 0.3) is 0 Å². The number of unbranched alkanes of at least 4 members (excludes halogenated alkanes) is 16. The van der Waals surface area contributed by atoms with Gasteiger partial charge in [-0.05, 0) is 51.7 Å². The van der Waals surface area contributed by atoms with E-state index in [1.54, 1.807) is 0 Å². The Balaban J connectivity index is 3.09. The Bertz CT molecular complexity index is 306. The summed E-state index contributed by atoms with van der Waals surface area (Å²) in [5, 5.41) is 0. The maximum atomic E-state index is 5.90. The SMILES string of the molecule is CCCCCCCCC=CCCCCCCCCCCCCO[Si](C)(C)C. The van der Waals surface area contributed by atoms with Gasteiger partial charge in [0.25, 0.3) is 0 Å². The van der Waals surface area contributed by atoms with Crippen LogP contribution in [0.3, 0.4) is 0 Å². The van der Waals surface area contributed by atoms with Gasteiger partial charge in [0.05, 0.1) is 0 Å². The maximum absolute atomic E-state index is 5.90. The van der Waals surface area contributed by atoms with E-state index in [9.17, 15) is 0 Å². The van der Waals surface area contributed by atoms with Gasteiger partial charge < -0.3 is 4.43 Å². The first-order valence-corrected chi connectivity index (χ1v) is 15.8. The van der Waals surface area contributed by atoms with E-state index in [4.69, 9.17) is 4.43 Å². The molecule has 162 valence electrons. The quantitative estimate of drug-likeness (QED) is 0.107. The third-order valence-corrected chi connectivity index (χ3v) is 6.26. The number of hydrogen-bond acceptors (Lipinski definition) is 1. The molecule has 0 radical (unpaired) electrons. The highest BCUT2D eigenvalue weighted by molar-refractivity contribution is 6.69. The lowest BCUT2D eigenvalue weighted by Crippen LogP contribution is -2.25. The lowest BCUT2D eigenvalue weighted by molar-refractivity contribution is 0.298. The van der Waals surface area contributed by atoms with Crippen LogP contribution in [0.2, 0.25) is 19.6 Å². The van der Waals surface area contributed by atoms with Crippen molar-refractivity contribution in [2.75, 3.05) is 6.61 Å². The zero-order valence-corrected chi connectivity index (χ0v) is 20.5. The number of allylic oxidation sites excluding steroid dienone is 2. The van der Waals surface area contributed by atoms with E-state index in [0.717, 1.165) is 6.61 Å². The second-order valence-corrected chi connectivity index (χ2v) is 13.8. The van der Waals surface area contributed by atoms with Crippen LogP contribution in [-0.2, 0) is 4.43 Å². The lowest BCUT2D eigenvalue weighted by atomic mass is 10.1. The molecule has 0 aromatic heterocycles. The molecule has 0 rings (SSSR count). The van der Waals surface area contributed by atoms with Gasteiger partial charge in [-0.25, -0.2) is 0 Å². The van der Waals surface area contributed by atoms with Crippen molar-refractivity contribution in [2.24, 2.45) is 0 Å². The van der Waals surface area contributed by atoms with Gasteiger partial charge in [0.15, 0.2) is 8.32 Å². The van der Waals surface area contributed by atoms with E-state index in [0.29, 0.717) is 0 Å². The Morgan fingerprint density at radius 1 is 0.519 bits per heavy atom. The zero-order valence-electron chi connectivity index (χ0n) is 19.5. The van der Waals surface area contributed by atoms with E-state index < -0.39 is 8.32 Å². The summed E-state index contributed by atoms with van der Waals surface area (Å²) < 4.78 is 5.90. The molecule has 0 unspecified atom stereocenters. The molecule has 0 N–H and O–H groups in total. The predicted octanol–water partition coefficient (Wildman–Crippen LogP) is 9.44. The Morgan fingerprint density at radius 2 is 0.889 bits per heavy atom. The molecule has 0 aromatic carbocycles. The predicted molar refractivity (Wildman–Crippen MR) is 127 cm³/mol. The van der Waals surface area contributed by atoms with Gasteiger partial charge in [-0.2, -0.15) is 0 Å². The van der Waals surface area contributed by atoms with Crippen molar-refractivity contribution in [3.63, 3.8) is 0 Å². The Kier molecular flexibility index (Phi) is 20.6. The van der Waals surface area contributed by atoms with Crippen LogP contribution in [0, 0.1) is 0 Å². The van der Waals surface area contributed by atoms with Crippen LogP contribution >= 0.6 is 0 Å². The lowest BCUT2D eigenvalue weighted by Gasteiger charge is -2.16. The summed E-state index contributed by atoms with van der Waals surface area (Å²) in [6, 6.07) is 0. The van der Waals surface area contributed by atoms with Crippen LogP contribution in [-0.4, -0.2) is 14.9 Å². The van der Waals surface area contributed by atoms with Crippen molar-refractivity contribution in [1.82, 2.24) is 0 Å². The van der Waals surface area contributed by atoms with Gasteiger partial charge in [-0.3, -0.25) is 0 Å². The number of rotatable bonds is 21. The maximum Gasteiger partial charge on any atom is 0.183 e. The molecule has 0 spiro atoms. The fourth-order valence-corrected chi connectivity index (χ4v) is 4.19. The highest BCUT2D eigenvalue weighted by Gasteiger charge is 2.12. The molecule has 0 bridgehead atoms. The van der Waals surface area contributed by atoms with Crippen LogP contribution in [0.5, 0.6) is 0 Å². The van der Waals surface area contributed by atoms with Gasteiger partial charge in [-0.1, -0.05) is 103 Å². The highest BCUT2D eigenvalue weighted by Crippen LogP contribution is 2.13. The Labute approximate surface area is 173 Å². The minimum Gasteiger partial charge on any atom is -0.418 e. The van der Waals surface area contributed by atoms with E-state index in [-0.39, 0.29) is 0 Å². The fraction of sp³-hybridized carbons (Fsp3) is 0.920. The monoisotopic (exact) mass is 396 g/mol. The van der Waals surface area contributed by atoms with Crippen LogP contribution < -0.4 is 0 Å². The molecule has 1 nitrogen and oxygen atoms in total. The van der Waals surface area contributed by atoms with Crippen LogP contribution in [0.4, 0.5) is 0 Å². The molecule has 0 aromatic rings. The van der Waals surface area contributed by atoms with Crippen molar-refractivity contribution >= 4 is 8.32 Å². The van der Waals surface area contributed by atoms with E-state index in [2.05, 4.69) is 38.7 Å². The van der Waals surface area contributed by atoms with Gasteiger partial charge in [-0.15, -0.1) is 0 Å². The first-order valence-electron chi connectivity index (χ1n) is 12.3. The van der Waals surface area contributed by atoms with E-state index in [1.165, 1.54) is 116 Å². The molecule has 0 fully saturated rings. The van der Waals surface area contributed by atoms with Crippen molar-refractivity contribution in [3.8, 4) is 0 Å². The van der Waals surface area contributed by atoms with E-state index in [1.807, 2.05) is 0 Å². The molecule has 0 heterocycles. The topological polar surface area (TPSA) is 9.23 Å². The standard InChI is InChI=1S/C25H52OSi/c1-5-6-7-8-9-10-11-12-13-14-15-16-17-18-19-20-21-22-23-24-25-26-27(2,3)4/h12-13H,5-11,14-25H2,1-4H3. The summed E-state index contributed by atoms with van der Waals surface area (Å²) >= 11 is 0.